The molecule has 0 aromatic carbocycles. The summed E-state index contributed by atoms with van der Waals surface area (Å²) in [7, 11) is -7.49. The Kier molecular flexibility index (Phi) is 23.5. The molecular weight excluding hydrogens is 189 g/mol. The third-order valence-electron chi connectivity index (χ3n) is 0.224. The number of phosphoric acid groups is 1. The van der Waals surface area contributed by atoms with E-state index in [1.807, 2.05) is 0 Å². The Morgan fingerprint density at radius 2 is 1.33 bits per heavy atom. The zero-order valence-corrected chi connectivity index (χ0v) is 7.69. The second kappa shape index (κ2) is 12.2. The maximum Gasteiger partial charge on any atom is 1.00 e. The predicted molar refractivity (Wildman–Crippen MR) is 23.7 cm³/mol. The molecule has 0 saturated heterocycles. The minimum absolute atomic E-state index is 0. The van der Waals surface area contributed by atoms with Crippen LogP contribution < -0.4 is 47.5 Å². The van der Waals surface area contributed by atoms with Gasteiger partial charge in [-0.2, -0.15) is 0 Å². The summed E-state index contributed by atoms with van der Waals surface area (Å²) in [6.07, 6.45) is 0. The van der Waals surface area contributed by atoms with Gasteiger partial charge in [-0.05, 0) is 0 Å². The first-order valence-corrected chi connectivity index (χ1v) is 3.25. The van der Waals surface area contributed by atoms with Crippen LogP contribution in [0.25, 0.3) is 0 Å². The second-order valence-corrected chi connectivity index (χ2v) is 2.14. The molecule has 0 fully saturated rings. The van der Waals surface area contributed by atoms with Crippen molar-refractivity contribution >= 4 is 15.4 Å². The third-order valence-corrected chi connectivity index (χ3v) is 0.671. The summed E-state index contributed by atoms with van der Waals surface area (Å²) < 4.78 is 41.6. The molecule has 0 N–H and O–H groups in total. The van der Waals surface area contributed by atoms with E-state index in [4.69, 9.17) is 0 Å². The number of rotatable bonds is 1. The third kappa shape index (κ3) is 66.6. The van der Waals surface area contributed by atoms with Crippen molar-refractivity contribution in [2.45, 2.75) is 0 Å². The minimum atomic E-state index is -4.65. The predicted octanol–water partition coefficient (Wildman–Crippen LogP) is -6.65. The molecule has 0 saturated carbocycles. The molecule has 0 amide bonds. The molecule has 0 aliphatic rings. The monoisotopic (exact) mass is 192 g/mol. The fourth-order valence-electron chi connectivity index (χ4n) is 0. The second-order valence-electron chi connectivity index (χ2n) is 0.877. The average molecular weight is 192 g/mol. The summed E-state index contributed by atoms with van der Waals surface area (Å²) in [6.45, 7) is 0. The number of halogens is 3. The molecule has 0 spiro atoms. The molecule has 0 radical (unpaired) electrons. The van der Waals surface area contributed by atoms with Gasteiger partial charge in [-0.25, -0.2) is 0 Å². The molecule has 0 heterocycles. The van der Waals surface area contributed by atoms with Crippen molar-refractivity contribution in [2.24, 2.45) is 0 Å². The van der Waals surface area contributed by atoms with Crippen LogP contribution in [0.4, 0.5) is 12.9 Å². The molecule has 0 aromatic rings. The fourth-order valence-corrected chi connectivity index (χ4v) is 0. The van der Waals surface area contributed by atoms with Crippen molar-refractivity contribution in [1.82, 2.24) is 0 Å². The molecule has 0 aliphatic heterocycles. The summed E-state index contributed by atoms with van der Waals surface area (Å²) in [5.41, 5.74) is 0. The van der Waals surface area contributed by atoms with Crippen LogP contribution in [0.5, 0.6) is 0 Å². The molecule has 0 bridgehead atoms. The van der Waals surface area contributed by atoms with Crippen molar-refractivity contribution in [1.29, 1.82) is 0 Å². The summed E-state index contributed by atoms with van der Waals surface area (Å²) in [6, 6.07) is 0. The van der Waals surface area contributed by atoms with Crippen molar-refractivity contribution in [3.63, 3.8) is 0 Å². The van der Waals surface area contributed by atoms with Gasteiger partial charge in [0.15, 0.2) is 0 Å². The van der Waals surface area contributed by atoms with Gasteiger partial charge in [-0.15, -0.1) is 0 Å². The molecule has 0 unspecified atom stereocenters. The largest absolute Gasteiger partial charge is 1.00 e. The number of hydrogen-bond acceptors (Lipinski definition) is 4. The Hall–Kier alpha value is 1.16. The van der Waals surface area contributed by atoms with E-state index in [1.54, 1.807) is 0 Å². The van der Waals surface area contributed by atoms with Gasteiger partial charge in [0.1, 0.15) is 0 Å². The smallest absolute Gasteiger partial charge is 0.790 e. The first-order valence-electron chi connectivity index (χ1n) is 1.79. The van der Waals surface area contributed by atoms with Gasteiger partial charge in [-0.1, -0.05) is 0 Å². The normalized spacial score (nSPS) is 8.17. The Morgan fingerprint density at radius 3 is 1.33 bits per heavy atom. The van der Waals surface area contributed by atoms with Crippen LogP contribution >= 0.6 is 7.82 Å². The molecule has 0 aromatic heterocycles. The maximum absolute atomic E-state index is 9.67. The van der Waals surface area contributed by atoms with E-state index < -0.39 is 15.4 Å². The molecule has 4 nitrogen and oxygen atoms in total. The van der Waals surface area contributed by atoms with Gasteiger partial charge in [0.2, 0.25) is 0 Å². The van der Waals surface area contributed by atoms with E-state index in [9.17, 15) is 27.3 Å². The average Bonchev–Trinajstić information content (AvgIpc) is 1.63. The molecule has 62 valence electrons. The van der Waals surface area contributed by atoms with Crippen LogP contribution in [-0.4, -0.2) is 14.7 Å². The molecule has 0 atom stereocenters. The minimum Gasteiger partial charge on any atom is -0.790 e. The van der Waals surface area contributed by atoms with Gasteiger partial charge in [-0.3, -0.25) is 12.9 Å². The van der Waals surface area contributed by atoms with E-state index in [0.29, 0.717) is 0 Å². The molecular formula is CH3BF3Li2O4P. The Labute approximate surface area is 92.1 Å². The molecule has 0 rings (SSSR count). The zero-order valence-electron chi connectivity index (χ0n) is 6.79. The summed E-state index contributed by atoms with van der Waals surface area (Å²) >= 11 is 0. The first-order chi connectivity index (χ1) is 4.29. The van der Waals surface area contributed by atoms with Gasteiger partial charge in [0.05, 0.1) is 7.82 Å². The summed E-state index contributed by atoms with van der Waals surface area (Å²) in [5.74, 6) is 0. The first kappa shape index (κ1) is 23.2. The zero-order chi connectivity index (χ0) is 8.78. The number of hydrogen-bond donors (Lipinski definition) is 0. The molecule has 11 heteroatoms. The SMILES string of the molecule is COP(=O)([O-])[O-].FB(F)F.[Li+].[Li+]. The topological polar surface area (TPSA) is 72.4 Å². The van der Waals surface area contributed by atoms with Crippen molar-refractivity contribution < 1.29 is 69.5 Å². The summed E-state index contributed by atoms with van der Waals surface area (Å²) in [4.78, 5) is 18.5. The Bertz CT molecular complexity index is 118. The van der Waals surface area contributed by atoms with E-state index >= 15 is 0 Å². The van der Waals surface area contributed by atoms with Gasteiger partial charge in [0, 0.05) is 7.11 Å². The van der Waals surface area contributed by atoms with E-state index in [-0.39, 0.29) is 37.7 Å². The van der Waals surface area contributed by atoms with Crippen LogP contribution in [0.2, 0.25) is 0 Å². The maximum atomic E-state index is 9.67. The fraction of sp³-hybridized carbons (Fsp3) is 1.00. The van der Waals surface area contributed by atoms with Gasteiger partial charge in [0.25, 0.3) is 0 Å². The van der Waals surface area contributed by atoms with Crippen LogP contribution in [0, 0.1) is 0 Å². The molecule has 0 aliphatic carbocycles. The quantitative estimate of drug-likeness (QED) is 0.305. The van der Waals surface area contributed by atoms with Crippen LogP contribution in [-0.2, 0) is 9.09 Å². The van der Waals surface area contributed by atoms with E-state index in [0.717, 1.165) is 7.11 Å². The molecule has 12 heavy (non-hydrogen) atoms. The number of phosphoric ester groups is 1. The van der Waals surface area contributed by atoms with Crippen LogP contribution in [0.3, 0.4) is 0 Å². The Morgan fingerprint density at radius 1 is 1.25 bits per heavy atom. The van der Waals surface area contributed by atoms with E-state index in [1.165, 1.54) is 0 Å². The van der Waals surface area contributed by atoms with E-state index in [2.05, 4.69) is 4.52 Å². The van der Waals surface area contributed by atoms with Crippen LogP contribution in [0.1, 0.15) is 0 Å². The standard InChI is InChI=1S/CH5O4P.BF3.2Li/c1-5-6(2,3)4;2-1(3)4;;/h1H3,(H2,2,3,4);;;/q;;2*+1/p-2. The van der Waals surface area contributed by atoms with Crippen molar-refractivity contribution in [3.05, 3.63) is 0 Å². The van der Waals surface area contributed by atoms with Gasteiger partial charge >= 0.3 is 45.3 Å². The van der Waals surface area contributed by atoms with Crippen LogP contribution in [0.15, 0.2) is 0 Å². The van der Waals surface area contributed by atoms with Crippen molar-refractivity contribution in [2.75, 3.05) is 7.11 Å². The summed E-state index contributed by atoms with van der Waals surface area (Å²) in [5, 5.41) is 0. The van der Waals surface area contributed by atoms with Crippen molar-refractivity contribution in [3.8, 4) is 0 Å². The Balaban J connectivity index is -0.0000000483. The van der Waals surface area contributed by atoms with Gasteiger partial charge < -0.3 is 18.9 Å².